The van der Waals surface area contributed by atoms with E-state index in [0.29, 0.717) is 17.0 Å². The monoisotopic (exact) mass is 357 g/mol. The van der Waals surface area contributed by atoms with E-state index in [-0.39, 0.29) is 18.7 Å². The molecule has 0 aliphatic carbocycles. The van der Waals surface area contributed by atoms with Gasteiger partial charge in [-0.2, -0.15) is 0 Å². The normalized spacial score (nSPS) is 12.3. The summed E-state index contributed by atoms with van der Waals surface area (Å²) in [7, 11) is 0. The van der Waals surface area contributed by atoms with E-state index in [1.54, 1.807) is 28.8 Å². The lowest BCUT2D eigenvalue weighted by molar-refractivity contribution is 0.143. The van der Waals surface area contributed by atoms with E-state index in [0.717, 1.165) is 11.6 Å². The lowest BCUT2D eigenvalue weighted by Gasteiger charge is -2.13. The van der Waals surface area contributed by atoms with Crippen molar-refractivity contribution >= 4 is 17.1 Å². The first kappa shape index (κ1) is 15.9. The number of rotatable bonds is 3. The second-order valence-electron chi connectivity index (χ2n) is 5.64. The molecule has 0 unspecified atom stereocenters. The maximum atomic E-state index is 14.2. The molecule has 1 N–H and O–H groups in total. The highest BCUT2D eigenvalue weighted by Gasteiger charge is 2.17. The predicted octanol–water partition coefficient (Wildman–Crippen LogP) is 2.97. The van der Waals surface area contributed by atoms with Gasteiger partial charge in [-0.1, -0.05) is 12.1 Å². The number of hydrogen-bond acceptors (Lipinski definition) is 5. The molecule has 1 aromatic heterocycles. The van der Waals surface area contributed by atoms with Crippen molar-refractivity contribution in [3.05, 3.63) is 64.2 Å². The molecule has 0 amide bonds. The maximum Gasteiger partial charge on any atom is 0.511 e. The van der Waals surface area contributed by atoms with Crippen LogP contribution in [-0.4, -0.2) is 22.6 Å². The van der Waals surface area contributed by atoms with Gasteiger partial charge < -0.3 is 23.9 Å². The standard InChI is InChI=1S/C18H12FNO6/c19-11-2-1-3-12-16(11)17(21)15(26-18(22)23)8-20(12)7-10-4-5-13-14(6-10)25-9-24-13/h1-6,8H,7,9H2,(H,22,23). The van der Waals surface area contributed by atoms with E-state index in [2.05, 4.69) is 4.74 Å². The van der Waals surface area contributed by atoms with Crippen molar-refractivity contribution in [3.8, 4) is 17.2 Å². The Hall–Kier alpha value is -3.55. The molecule has 8 heteroatoms. The summed E-state index contributed by atoms with van der Waals surface area (Å²) in [5.74, 6) is -0.000817. The predicted molar refractivity (Wildman–Crippen MR) is 88.5 cm³/mol. The Labute approximate surface area is 145 Å². The highest BCUT2D eigenvalue weighted by Crippen LogP contribution is 2.33. The molecule has 2 heterocycles. The number of fused-ring (bicyclic) bond motifs is 2. The van der Waals surface area contributed by atoms with Crippen LogP contribution in [0.2, 0.25) is 0 Å². The molecule has 0 spiro atoms. The third-order valence-corrected chi connectivity index (χ3v) is 4.01. The van der Waals surface area contributed by atoms with Crippen molar-refractivity contribution in [2.75, 3.05) is 6.79 Å². The zero-order valence-corrected chi connectivity index (χ0v) is 13.3. The Morgan fingerprint density at radius 3 is 2.85 bits per heavy atom. The molecule has 0 bridgehead atoms. The smallest absolute Gasteiger partial charge is 0.454 e. The topological polar surface area (TPSA) is 87.0 Å². The van der Waals surface area contributed by atoms with Crippen molar-refractivity contribution in [1.82, 2.24) is 4.57 Å². The molecule has 2 aromatic carbocycles. The lowest BCUT2D eigenvalue weighted by atomic mass is 10.1. The molecular weight excluding hydrogens is 345 g/mol. The molecule has 1 aliphatic heterocycles. The Kier molecular flexibility index (Phi) is 3.72. The average Bonchev–Trinajstić information content (AvgIpc) is 3.06. The van der Waals surface area contributed by atoms with Gasteiger partial charge in [-0.25, -0.2) is 9.18 Å². The summed E-state index contributed by atoms with van der Waals surface area (Å²) in [5.41, 5.74) is 0.303. The summed E-state index contributed by atoms with van der Waals surface area (Å²) in [5, 5.41) is 8.59. The van der Waals surface area contributed by atoms with Crippen LogP contribution in [-0.2, 0) is 6.54 Å². The number of aromatic nitrogens is 1. The molecule has 0 saturated carbocycles. The van der Waals surface area contributed by atoms with Gasteiger partial charge in [0.15, 0.2) is 17.2 Å². The number of carboxylic acid groups (broad SMARTS) is 1. The fraction of sp³-hybridized carbons (Fsp3) is 0.111. The van der Waals surface area contributed by atoms with Crippen molar-refractivity contribution < 1.29 is 28.5 Å². The van der Waals surface area contributed by atoms with Crippen LogP contribution in [0.25, 0.3) is 10.9 Å². The minimum atomic E-state index is -1.65. The molecule has 3 aromatic rings. The van der Waals surface area contributed by atoms with Crippen LogP contribution in [0.15, 0.2) is 47.4 Å². The molecule has 0 radical (unpaired) electrons. The number of nitrogens with zero attached hydrogens (tertiary/aromatic N) is 1. The molecular formula is C18H12FNO6. The fourth-order valence-electron chi connectivity index (χ4n) is 2.90. The lowest BCUT2D eigenvalue weighted by Crippen LogP contribution is -2.17. The van der Waals surface area contributed by atoms with Crippen LogP contribution in [0.4, 0.5) is 9.18 Å². The van der Waals surface area contributed by atoms with Crippen molar-refractivity contribution in [2.45, 2.75) is 6.54 Å². The van der Waals surface area contributed by atoms with E-state index >= 15 is 0 Å². The molecule has 0 saturated heterocycles. The SMILES string of the molecule is O=C(O)Oc1cn(Cc2ccc3c(c2)OCO3)c2cccc(F)c2c1=O. The van der Waals surface area contributed by atoms with E-state index in [9.17, 15) is 14.0 Å². The first-order valence-corrected chi connectivity index (χ1v) is 7.64. The maximum absolute atomic E-state index is 14.2. The van der Waals surface area contributed by atoms with Crippen LogP contribution in [0, 0.1) is 5.82 Å². The number of halogens is 1. The van der Waals surface area contributed by atoms with Gasteiger partial charge in [0.25, 0.3) is 0 Å². The highest BCUT2D eigenvalue weighted by atomic mass is 19.1. The molecule has 4 rings (SSSR count). The van der Waals surface area contributed by atoms with Crippen molar-refractivity contribution in [3.63, 3.8) is 0 Å². The number of hydrogen-bond donors (Lipinski definition) is 1. The van der Waals surface area contributed by atoms with Gasteiger partial charge in [0.2, 0.25) is 12.2 Å². The molecule has 1 aliphatic rings. The Morgan fingerprint density at radius 1 is 1.23 bits per heavy atom. The van der Waals surface area contributed by atoms with Gasteiger partial charge >= 0.3 is 6.16 Å². The summed E-state index contributed by atoms with van der Waals surface area (Å²) in [6, 6.07) is 9.51. The molecule has 132 valence electrons. The molecule has 26 heavy (non-hydrogen) atoms. The Morgan fingerprint density at radius 2 is 2.04 bits per heavy atom. The average molecular weight is 357 g/mol. The number of carbonyl (C=O) groups is 1. The third kappa shape index (κ3) is 2.71. The summed E-state index contributed by atoms with van der Waals surface area (Å²) in [6.45, 7) is 0.383. The van der Waals surface area contributed by atoms with Gasteiger partial charge in [0.05, 0.1) is 17.1 Å². The van der Waals surface area contributed by atoms with Gasteiger partial charge in [-0.3, -0.25) is 4.79 Å². The van der Waals surface area contributed by atoms with Gasteiger partial charge in [0, 0.05) is 6.54 Å². The minimum Gasteiger partial charge on any atom is -0.454 e. The van der Waals surface area contributed by atoms with E-state index in [1.807, 2.05) is 0 Å². The largest absolute Gasteiger partial charge is 0.511 e. The third-order valence-electron chi connectivity index (χ3n) is 4.01. The Bertz CT molecular complexity index is 1090. The van der Waals surface area contributed by atoms with Crippen LogP contribution in [0.3, 0.4) is 0 Å². The Balaban J connectivity index is 1.85. The van der Waals surface area contributed by atoms with Crippen molar-refractivity contribution in [1.29, 1.82) is 0 Å². The zero-order chi connectivity index (χ0) is 18.3. The number of ether oxygens (including phenoxy) is 3. The van der Waals surface area contributed by atoms with Crippen LogP contribution >= 0.6 is 0 Å². The molecule has 7 nitrogen and oxygen atoms in total. The first-order valence-electron chi connectivity index (χ1n) is 7.64. The van der Waals surface area contributed by atoms with Crippen LogP contribution in [0.5, 0.6) is 17.2 Å². The van der Waals surface area contributed by atoms with Crippen LogP contribution < -0.4 is 19.6 Å². The van der Waals surface area contributed by atoms with E-state index < -0.39 is 23.2 Å². The molecule has 0 atom stereocenters. The van der Waals surface area contributed by atoms with Crippen molar-refractivity contribution in [2.24, 2.45) is 0 Å². The zero-order valence-electron chi connectivity index (χ0n) is 13.3. The number of benzene rings is 2. The summed E-state index contributed by atoms with van der Waals surface area (Å²) in [6.07, 6.45) is -0.393. The van der Waals surface area contributed by atoms with E-state index in [1.165, 1.54) is 12.3 Å². The minimum absolute atomic E-state index is 0.140. The van der Waals surface area contributed by atoms with Gasteiger partial charge in [0.1, 0.15) is 5.82 Å². The second kappa shape index (κ2) is 6.07. The van der Waals surface area contributed by atoms with Crippen LogP contribution in [0.1, 0.15) is 5.56 Å². The fourth-order valence-corrected chi connectivity index (χ4v) is 2.90. The summed E-state index contributed by atoms with van der Waals surface area (Å²) >= 11 is 0. The summed E-state index contributed by atoms with van der Waals surface area (Å²) in [4.78, 5) is 23.2. The quantitative estimate of drug-likeness (QED) is 0.725. The summed E-state index contributed by atoms with van der Waals surface area (Å²) < 4.78 is 30.9. The number of pyridine rings is 1. The highest BCUT2D eigenvalue weighted by molar-refractivity contribution is 5.81. The van der Waals surface area contributed by atoms with Gasteiger partial charge in [-0.05, 0) is 29.8 Å². The molecule has 0 fully saturated rings. The second-order valence-corrected chi connectivity index (χ2v) is 5.64. The van der Waals surface area contributed by atoms with Gasteiger partial charge in [-0.15, -0.1) is 0 Å². The first-order chi connectivity index (χ1) is 12.5. The van der Waals surface area contributed by atoms with E-state index in [4.69, 9.17) is 14.6 Å².